The first-order valence-electron chi connectivity index (χ1n) is 5.14. The van der Waals surface area contributed by atoms with Gasteiger partial charge in [-0.15, -0.1) is 0 Å². The Labute approximate surface area is 89.7 Å². The van der Waals surface area contributed by atoms with Crippen molar-refractivity contribution >= 4 is 5.78 Å². The lowest BCUT2D eigenvalue weighted by Gasteiger charge is -2.11. The lowest BCUT2D eigenvalue weighted by atomic mass is 10.0. The molecule has 1 N–H and O–H groups in total. The monoisotopic (exact) mass is 208 g/mol. The summed E-state index contributed by atoms with van der Waals surface area (Å²) in [5.41, 5.74) is 0.453. The fourth-order valence-electron chi connectivity index (χ4n) is 1.32. The van der Waals surface area contributed by atoms with Crippen molar-refractivity contribution in [2.24, 2.45) is 0 Å². The average Bonchev–Trinajstić information content (AvgIpc) is 2.28. The van der Waals surface area contributed by atoms with Crippen molar-refractivity contribution < 1.29 is 14.6 Å². The number of ether oxygens (including phenoxy) is 1. The minimum Gasteiger partial charge on any atom is -0.493 e. The SMILES string of the molecule is CCOc1ccccc1C(=O)C(O)CC. The number of carbonyl (C=O) groups is 1. The summed E-state index contributed by atoms with van der Waals surface area (Å²) in [5, 5.41) is 9.47. The van der Waals surface area contributed by atoms with Gasteiger partial charge in [0.1, 0.15) is 11.9 Å². The van der Waals surface area contributed by atoms with Crippen molar-refractivity contribution in [3.05, 3.63) is 29.8 Å². The number of hydrogen-bond donors (Lipinski definition) is 1. The molecule has 82 valence electrons. The Bertz CT molecular complexity index is 333. The van der Waals surface area contributed by atoms with Crippen LogP contribution in [0.1, 0.15) is 30.6 Å². The number of aliphatic hydroxyl groups excluding tert-OH is 1. The van der Waals surface area contributed by atoms with Gasteiger partial charge >= 0.3 is 0 Å². The van der Waals surface area contributed by atoms with E-state index in [0.29, 0.717) is 24.3 Å². The second-order valence-corrected chi connectivity index (χ2v) is 3.22. The molecule has 0 spiro atoms. The van der Waals surface area contributed by atoms with Gasteiger partial charge in [-0.2, -0.15) is 0 Å². The van der Waals surface area contributed by atoms with Crippen LogP contribution in [0.4, 0.5) is 0 Å². The second kappa shape index (κ2) is 5.51. The van der Waals surface area contributed by atoms with E-state index >= 15 is 0 Å². The van der Waals surface area contributed by atoms with Crippen LogP contribution in [0.2, 0.25) is 0 Å². The number of benzene rings is 1. The maximum Gasteiger partial charge on any atom is 0.194 e. The summed E-state index contributed by atoms with van der Waals surface area (Å²) in [5.74, 6) is 0.263. The molecule has 0 saturated heterocycles. The fourth-order valence-corrected chi connectivity index (χ4v) is 1.32. The predicted octanol–water partition coefficient (Wildman–Crippen LogP) is 2.04. The molecule has 1 atom stereocenters. The number of carbonyl (C=O) groups excluding carboxylic acids is 1. The molecule has 0 fully saturated rings. The van der Waals surface area contributed by atoms with Gasteiger partial charge in [-0.3, -0.25) is 4.79 Å². The molecule has 0 aliphatic carbocycles. The Morgan fingerprint density at radius 3 is 2.67 bits per heavy atom. The number of ketones is 1. The third-order valence-corrected chi connectivity index (χ3v) is 2.14. The molecule has 0 radical (unpaired) electrons. The Morgan fingerprint density at radius 1 is 1.40 bits per heavy atom. The van der Waals surface area contributed by atoms with Gasteiger partial charge in [-0.1, -0.05) is 19.1 Å². The third kappa shape index (κ3) is 2.80. The Kier molecular flexibility index (Phi) is 4.31. The molecule has 1 unspecified atom stereocenters. The van der Waals surface area contributed by atoms with Crippen LogP contribution in [0, 0.1) is 0 Å². The van der Waals surface area contributed by atoms with E-state index in [-0.39, 0.29) is 5.78 Å². The first kappa shape index (κ1) is 11.7. The zero-order valence-corrected chi connectivity index (χ0v) is 9.06. The van der Waals surface area contributed by atoms with Crippen molar-refractivity contribution in [2.75, 3.05) is 6.61 Å². The van der Waals surface area contributed by atoms with Crippen LogP contribution in [0.15, 0.2) is 24.3 Å². The van der Waals surface area contributed by atoms with Crippen molar-refractivity contribution in [1.29, 1.82) is 0 Å². The van der Waals surface area contributed by atoms with Gasteiger partial charge in [0.15, 0.2) is 5.78 Å². The normalized spacial score (nSPS) is 12.2. The van der Waals surface area contributed by atoms with Crippen LogP contribution in [-0.4, -0.2) is 23.6 Å². The van der Waals surface area contributed by atoms with Gasteiger partial charge in [0, 0.05) is 0 Å². The van der Waals surface area contributed by atoms with Gasteiger partial charge in [0.2, 0.25) is 0 Å². The maximum atomic E-state index is 11.7. The minimum atomic E-state index is -0.938. The van der Waals surface area contributed by atoms with E-state index in [1.165, 1.54) is 0 Å². The molecule has 0 heterocycles. The van der Waals surface area contributed by atoms with E-state index in [2.05, 4.69) is 0 Å². The van der Waals surface area contributed by atoms with Gasteiger partial charge in [-0.05, 0) is 25.5 Å². The summed E-state index contributed by atoms with van der Waals surface area (Å²) < 4.78 is 5.32. The molecular weight excluding hydrogens is 192 g/mol. The molecule has 1 aromatic rings. The van der Waals surface area contributed by atoms with E-state index in [4.69, 9.17) is 4.74 Å². The second-order valence-electron chi connectivity index (χ2n) is 3.22. The molecule has 15 heavy (non-hydrogen) atoms. The number of aliphatic hydroxyl groups is 1. The molecule has 3 heteroatoms. The highest BCUT2D eigenvalue weighted by atomic mass is 16.5. The summed E-state index contributed by atoms with van der Waals surface area (Å²) in [6, 6.07) is 6.98. The van der Waals surface area contributed by atoms with Crippen LogP contribution in [0.3, 0.4) is 0 Å². The summed E-state index contributed by atoms with van der Waals surface area (Å²) in [4.78, 5) is 11.7. The molecule has 0 aromatic heterocycles. The summed E-state index contributed by atoms with van der Waals surface area (Å²) in [6.07, 6.45) is -0.522. The summed E-state index contributed by atoms with van der Waals surface area (Å²) >= 11 is 0. The van der Waals surface area contributed by atoms with Gasteiger partial charge in [0.05, 0.1) is 12.2 Å². The van der Waals surface area contributed by atoms with Crippen molar-refractivity contribution in [3.8, 4) is 5.75 Å². The van der Waals surface area contributed by atoms with Crippen LogP contribution in [-0.2, 0) is 0 Å². The Morgan fingerprint density at radius 2 is 2.07 bits per heavy atom. The van der Waals surface area contributed by atoms with Crippen molar-refractivity contribution in [1.82, 2.24) is 0 Å². The van der Waals surface area contributed by atoms with Crippen LogP contribution in [0.5, 0.6) is 5.75 Å². The smallest absolute Gasteiger partial charge is 0.194 e. The number of para-hydroxylation sites is 1. The lowest BCUT2D eigenvalue weighted by Crippen LogP contribution is -2.20. The fraction of sp³-hybridized carbons (Fsp3) is 0.417. The highest BCUT2D eigenvalue weighted by Gasteiger charge is 2.18. The van der Waals surface area contributed by atoms with Gasteiger partial charge < -0.3 is 9.84 Å². The van der Waals surface area contributed by atoms with E-state index < -0.39 is 6.10 Å². The molecule has 1 aromatic carbocycles. The van der Waals surface area contributed by atoms with Crippen molar-refractivity contribution in [2.45, 2.75) is 26.4 Å². The molecule has 0 bridgehead atoms. The largest absolute Gasteiger partial charge is 0.493 e. The number of hydrogen-bond acceptors (Lipinski definition) is 3. The maximum absolute atomic E-state index is 11.7. The predicted molar refractivity (Wildman–Crippen MR) is 58.2 cm³/mol. The third-order valence-electron chi connectivity index (χ3n) is 2.14. The lowest BCUT2D eigenvalue weighted by molar-refractivity contribution is 0.0737. The molecule has 3 nitrogen and oxygen atoms in total. The van der Waals surface area contributed by atoms with E-state index in [1.54, 1.807) is 31.2 Å². The molecule has 1 rings (SSSR count). The topological polar surface area (TPSA) is 46.5 Å². The minimum absolute atomic E-state index is 0.276. The molecule has 0 saturated carbocycles. The standard InChI is InChI=1S/C12H16O3/c1-3-10(13)12(14)9-7-5-6-8-11(9)15-4-2/h5-8,10,13H,3-4H2,1-2H3. The highest BCUT2D eigenvalue weighted by Crippen LogP contribution is 2.20. The zero-order valence-electron chi connectivity index (χ0n) is 9.06. The Hall–Kier alpha value is -1.35. The van der Waals surface area contributed by atoms with Crippen molar-refractivity contribution in [3.63, 3.8) is 0 Å². The van der Waals surface area contributed by atoms with Gasteiger partial charge in [-0.25, -0.2) is 0 Å². The van der Waals surface area contributed by atoms with E-state index in [0.717, 1.165) is 0 Å². The van der Waals surface area contributed by atoms with Crippen LogP contribution in [0.25, 0.3) is 0 Å². The molecule has 0 aliphatic rings. The molecule has 0 amide bonds. The highest BCUT2D eigenvalue weighted by molar-refractivity contribution is 6.01. The Balaban J connectivity index is 2.96. The van der Waals surface area contributed by atoms with Crippen LogP contribution < -0.4 is 4.74 Å². The van der Waals surface area contributed by atoms with E-state index in [1.807, 2.05) is 6.92 Å². The zero-order chi connectivity index (χ0) is 11.3. The number of Topliss-reactive ketones (excluding diaryl/α,β-unsaturated/α-hetero) is 1. The summed E-state index contributed by atoms with van der Waals surface area (Å²) in [6.45, 7) is 4.13. The van der Waals surface area contributed by atoms with Crippen LogP contribution >= 0.6 is 0 Å². The molecule has 0 aliphatic heterocycles. The first-order valence-corrected chi connectivity index (χ1v) is 5.14. The molecular formula is C12H16O3. The number of rotatable bonds is 5. The van der Waals surface area contributed by atoms with E-state index in [9.17, 15) is 9.90 Å². The van der Waals surface area contributed by atoms with Gasteiger partial charge in [0.25, 0.3) is 0 Å². The summed E-state index contributed by atoms with van der Waals surface area (Å²) in [7, 11) is 0. The quantitative estimate of drug-likeness (QED) is 0.753. The first-order chi connectivity index (χ1) is 7.20. The average molecular weight is 208 g/mol.